The Bertz CT molecular complexity index is 1110. The lowest BCUT2D eigenvalue weighted by Gasteiger charge is -2.27. The molecule has 0 unspecified atom stereocenters. The Morgan fingerprint density at radius 2 is 1.58 bits per heavy atom. The van der Waals surface area contributed by atoms with Crippen molar-refractivity contribution in [1.29, 1.82) is 0 Å². The van der Waals surface area contributed by atoms with E-state index in [4.69, 9.17) is 16.7 Å². The first kappa shape index (κ1) is 24.4. The minimum absolute atomic E-state index is 0.112. The zero-order valence-electron chi connectivity index (χ0n) is 17.1. The van der Waals surface area contributed by atoms with Crippen molar-refractivity contribution in [2.45, 2.75) is 25.7 Å². The van der Waals surface area contributed by atoms with E-state index in [2.05, 4.69) is 5.32 Å². The number of allylic oxidation sites excluding steroid dienone is 1. The van der Waals surface area contributed by atoms with Gasteiger partial charge in [-0.05, 0) is 52.9 Å². The molecule has 3 N–H and O–H groups in total. The molecule has 0 fully saturated rings. The lowest BCUT2D eigenvalue weighted by molar-refractivity contribution is -0.115. The molecule has 0 spiro atoms. The van der Waals surface area contributed by atoms with Gasteiger partial charge in [-0.15, -0.1) is 0 Å². The van der Waals surface area contributed by atoms with Crippen molar-refractivity contribution in [2.75, 3.05) is 6.54 Å². The van der Waals surface area contributed by atoms with Crippen LogP contribution in [0.1, 0.15) is 26.3 Å². The number of carbonyl (C=O) groups excluding carboxylic acids is 1. The van der Waals surface area contributed by atoms with E-state index in [0.717, 1.165) is 0 Å². The fourth-order valence-electron chi connectivity index (χ4n) is 2.98. The second-order valence-corrected chi connectivity index (χ2v) is 9.78. The zero-order valence-corrected chi connectivity index (χ0v) is 18.6. The number of rotatable bonds is 6. The number of carbonyl (C=O) groups is 2. The summed E-state index contributed by atoms with van der Waals surface area (Å²) in [7, 11) is -4.26. The summed E-state index contributed by atoms with van der Waals surface area (Å²) in [6.45, 7) is 4.86. The summed E-state index contributed by atoms with van der Waals surface area (Å²) in [4.78, 5) is 23.9. The van der Waals surface area contributed by atoms with Crippen LogP contribution >= 0.6 is 11.6 Å². The van der Waals surface area contributed by atoms with Crippen LogP contribution in [0.25, 0.3) is 5.57 Å². The highest BCUT2D eigenvalue weighted by atomic mass is 35.5. The van der Waals surface area contributed by atoms with Crippen LogP contribution in [0.5, 0.6) is 0 Å². The van der Waals surface area contributed by atoms with E-state index in [-0.39, 0.29) is 10.5 Å². The molecule has 0 heterocycles. The van der Waals surface area contributed by atoms with Crippen LogP contribution in [0.2, 0.25) is 5.02 Å². The Morgan fingerprint density at radius 1 is 1.03 bits per heavy atom. The van der Waals surface area contributed by atoms with Gasteiger partial charge in [-0.25, -0.2) is 22.3 Å². The van der Waals surface area contributed by atoms with Crippen LogP contribution in [0, 0.1) is 11.2 Å². The highest BCUT2D eigenvalue weighted by molar-refractivity contribution is 7.90. The third-order valence-electron chi connectivity index (χ3n) is 4.23. The Kier molecular flexibility index (Phi) is 7.45. The van der Waals surface area contributed by atoms with Gasteiger partial charge in [0.2, 0.25) is 0 Å². The number of amides is 2. The molecule has 0 aliphatic rings. The van der Waals surface area contributed by atoms with Crippen LogP contribution in [0.4, 0.5) is 9.18 Å². The molecule has 0 radical (unpaired) electrons. The van der Waals surface area contributed by atoms with Gasteiger partial charge in [0.05, 0.1) is 11.4 Å². The van der Waals surface area contributed by atoms with Gasteiger partial charge >= 0.3 is 6.09 Å². The number of carboxylic acid groups (broad SMARTS) is 1. The summed E-state index contributed by atoms with van der Waals surface area (Å²) >= 11 is 5.78. The maximum atomic E-state index is 13.4. The van der Waals surface area contributed by atoms with E-state index in [0.29, 0.717) is 16.2 Å². The number of hydrogen-bond acceptors (Lipinski definition) is 4. The molecule has 2 aromatic rings. The summed E-state index contributed by atoms with van der Waals surface area (Å²) in [6, 6.07) is 10.5. The summed E-state index contributed by atoms with van der Waals surface area (Å²) < 4.78 is 40.7. The van der Waals surface area contributed by atoms with Gasteiger partial charge in [0.25, 0.3) is 15.9 Å². The van der Waals surface area contributed by atoms with E-state index in [9.17, 15) is 22.4 Å². The van der Waals surface area contributed by atoms with Gasteiger partial charge in [0, 0.05) is 10.6 Å². The van der Waals surface area contributed by atoms with Crippen LogP contribution in [-0.2, 0) is 14.8 Å². The number of sulfonamides is 1. The zero-order chi connectivity index (χ0) is 23.4. The molecular formula is C21H22ClFN2O5S. The maximum absolute atomic E-state index is 13.4. The second kappa shape index (κ2) is 9.49. The predicted octanol–water partition coefficient (Wildman–Crippen LogP) is 4.05. The lowest BCUT2D eigenvalue weighted by Crippen LogP contribution is -2.37. The number of hydrogen-bond donors (Lipinski definition) is 3. The highest BCUT2D eigenvalue weighted by Crippen LogP contribution is 2.37. The molecule has 0 aliphatic carbocycles. The maximum Gasteiger partial charge on any atom is 0.404 e. The predicted molar refractivity (Wildman–Crippen MR) is 116 cm³/mol. The Balaban J connectivity index is 2.58. The van der Waals surface area contributed by atoms with Crippen LogP contribution in [-0.4, -0.2) is 32.1 Å². The second-order valence-electron chi connectivity index (χ2n) is 7.66. The SMILES string of the molecule is CC(C)(C)/C(=C(\CNC(=O)O)C(=O)NS(=O)(=O)c1ccc(Cl)cc1)c1ccc(F)cc1. The van der Waals surface area contributed by atoms with Gasteiger partial charge < -0.3 is 10.4 Å². The number of halogens is 2. The molecule has 10 heteroatoms. The number of benzene rings is 2. The average Bonchev–Trinajstić information content (AvgIpc) is 2.65. The Hall–Kier alpha value is -2.91. The van der Waals surface area contributed by atoms with Crippen molar-refractivity contribution in [3.63, 3.8) is 0 Å². The monoisotopic (exact) mass is 468 g/mol. The topological polar surface area (TPSA) is 113 Å². The molecule has 31 heavy (non-hydrogen) atoms. The minimum atomic E-state index is -4.26. The van der Waals surface area contributed by atoms with E-state index in [1.54, 1.807) is 20.8 Å². The molecule has 7 nitrogen and oxygen atoms in total. The van der Waals surface area contributed by atoms with Gasteiger partial charge in [-0.1, -0.05) is 44.5 Å². The molecule has 0 saturated heterocycles. The third-order valence-corrected chi connectivity index (χ3v) is 5.83. The molecule has 0 bridgehead atoms. The van der Waals surface area contributed by atoms with Crippen LogP contribution < -0.4 is 10.0 Å². The van der Waals surface area contributed by atoms with Crippen molar-refractivity contribution in [3.05, 3.63) is 70.5 Å². The molecule has 166 valence electrons. The summed E-state index contributed by atoms with van der Waals surface area (Å²) in [5.41, 5.74) is -0.00595. The first-order valence-electron chi connectivity index (χ1n) is 9.10. The molecule has 0 saturated carbocycles. The van der Waals surface area contributed by atoms with E-state index >= 15 is 0 Å². The Morgan fingerprint density at radius 3 is 2.06 bits per heavy atom. The van der Waals surface area contributed by atoms with Crippen molar-refractivity contribution < 1.29 is 27.5 Å². The van der Waals surface area contributed by atoms with E-state index < -0.39 is 39.8 Å². The minimum Gasteiger partial charge on any atom is -0.465 e. The highest BCUT2D eigenvalue weighted by Gasteiger charge is 2.29. The summed E-state index contributed by atoms with van der Waals surface area (Å²) in [5, 5.41) is 11.5. The molecule has 0 aliphatic heterocycles. The van der Waals surface area contributed by atoms with Crippen molar-refractivity contribution in [3.8, 4) is 0 Å². The molecule has 0 atom stereocenters. The summed E-state index contributed by atoms with van der Waals surface area (Å²) in [6.07, 6.45) is -1.39. The fraction of sp³-hybridized carbons (Fsp3) is 0.238. The van der Waals surface area contributed by atoms with Gasteiger partial charge in [-0.3, -0.25) is 4.79 Å². The molecule has 2 rings (SSSR count). The molecule has 0 aromatic heterocycles. The number of nitrogens with one attached hydrogen (secondary N) is 2. The molecule has 2 aromatic carbocycles. The first-order chi connectivity index (χ1) is 14.3. The van der Waals surface area contributed by atoms with E-state index in [1.165, 1.54) is 48.5 Å². The Labute approximate surface area is 185 Å². The van der Waals surface area contributed by atoms with E-state index in [1.807, 2.05) is 4.72 Å². The van der Waals surface area contributed by atoms with Gasteiger partial charge in [-0.2, -0.15) is 0 Å². The smallest absolute Gasteiger partial charge is 0.404 e. The van der Waals surface area contributed by atoms with Crippen molar-refractivity contribution in [1.82, 2.24) is 10.0 Å². The summed E-state index contributed by atoms with van der Waals surface area (Å²) in [5.74, 6) is -1.49. The van der Waals surface area contributed by atoms with Crippen LogP contribution in [0.15, 0.2) is 59.0 Å². The molecular weight excluding hydrogens is 447 g/mol. The average molecular weight is 469 g/mol. The standard InChI is InChI=1S/C21H22ClFN2O5S/c1-21(2,3)18(13-4-8-15(23)9-5-13)17(12-24-20(27)28)19(26)25-31(29,30)16-10-6-14(22)7-11-16/h4-11,24H,12H2,1-3H3,(H,25,26)(H,27,28)/b18-17+. The van der Waals surface area contributed by atoms with Crippen molar-refractivity contribution in [2.24, 2.45) is 5.41 Å². The molecule has 2 amide bonds. The van der Waals surface area contributed by atoms with Gasteiger partial charge in [0.15, 0.2) is 0 Å². The van der Waals surface area contributed by atoms with Crippen LogP contribution in [0.3, 0.4) is 0 Å². The third kappa shape index (κ3) is 6.53. The van der Waals surface area contributed by atoms with Crippen molar-refractivity contribution >= 4 is 39.2 Å². The van der Waals surface area contributed by atoms with Gasteiger partial charge in [0.1, 0.15) is 5.82 Å². The lowest BCUT2D eigenvalue weighted by atomic mass is 9.79. The largest absolute Gasteiger partial charge is 0.465 e. The normalized spacial score (nSPS) is 12.7. The first-order valence-corrected chi connectivity index (χ1v) is 11.0. The quantitative estimate of drug-likeness (QED) is 0.553. The fourth-order valence-corrected chi connectivity index (χ4v) is 4.08.